The number of alkyl halides is 1. The highest BCUT2D eigenvalue weighted by molar-refractivity contribution is 5.68. The van der Waals surface area contributed by atoms with E-state index in [2.05, 4.69) is 48.9 Å². The molecule has 1 amide bonds. The van der Waals surface area contributed by atoms with Gasteiger partial charge in [0.05, 0.1) is 0 Å². The van der Waals surface area contributed by atoms with E-state index in [-0.39, 0.29) is 11.6 Å². The van der Waals surface area contributed by atoms with Crippen molar-refractivity contribution in [3.05, 3.63) is 29.3 Å². The highest BCUT2D eigenvalue weighted by atomic mass is 19.1. The number of anilines is 1. The van der Waals surface area contributed by atoms with Gasteiger partial charge in [-0.15, -0.1) is 0 Å². The molecule has 0 N–H and O–H groups in total. The van der Waals surface area contributed by atoms with Gasteiger partial charge in [-0.1, -0.05) is 12.1 Å². The summed E-state index contributed by atoms with van der Waals surface area (Å²) in [7, 11) is 2.18. The van der Waals surface area contributed by atoms with Gasteiger partial charge < -0.3 is 14.5 Å². The summed E-state index contributed by atoms with van der Waals surface area (Å²) < 4.78 is 19.1. The van der Waals surface area contributed by atoms with Gasteiger partial charge >= 0.3 is 6.09 Å². The van der Waals surface area contributed by atoms with Crippen molar-refractivity contribution in [1.29, 1.82) is 0 Å². The lowest BCUT2D eigenvalue weighted by Gasteiger charge is -2.45. The molecule has 31 heavy (non-hydrogen) atoms. The van der Waals surface area contributed by atoms with Gasteiger partial charge in [-0.3, -0.25) is 4.90 Å². The maximum atomic E-state index is 13.6. The number of piperidine rings is 2. The molecule has 1 aromatic rings. The number of carbonyl (C=O) groups excluding carboxylic acids is 1. The normalized spacial score (nSPS) is 20.3. The van der Waals surface area contributed by atoms with Crippen molar-refractivity contribution in [3.63, 3.8) is 0 Å². The number of rotatable bonds is 4. The molecular weight excluding hydrogens is 393 g/mol. The van der Waals surface area contributed by atoms with E-state index in [4.69, 9.17) is 4.74 Å². The molecule has 0 bridgehead atoms. The van der Waals surface area contributed by atoms with Crippen LogP contribution in [0, 0.1) is 6.92 Å². The van der Waals surface area contributed by atoms with Crippen LogP contribution in [0.15, 0.2) is 18.2 Å². The minimum absolute atomic E-state index is 0.0378. The lowest BCUT2D eigenvalue weighted by atomic mass is 9.87. The van der Waals surface area contributed by atoms with E-state index in [1.165, 1.54) is 16.8 Å². The van der Waals surface area contributed by atoms with Gasteiger partial charge in [-0.05, 0) is 84.5 Å². The van der Waals surface area contributed by atoms with E-state index >= 15 is 0 Å². The van der Waals surface area contributed by atoms with Gasteiger partial charge in [-0.2, -0.15) is 0 Å². The Balaban J connectivity index is 1.60. The van der Waals surface area contributed by atoms with Crippen LogP contribution in [0.4, 0.5) is 14.9 Å². The number of nitrogens with zero attached hydrogens (tertiary/aromatic N) is 3. The van der Waals surface area contributed by atoms with Crippen LogP contribution in [-0.2, 0) is 11.3 Å². The smallest absolute Gasteiger partial charge is 0.410 e. The molecule has 2 aliphatic rings. The maximum absolute atomic E-state index is 13.6. The third-order valence-electron chi connectivity index (χ3n) is 6.87. The van der Waals surface area contributed by atoms with Gasteiger partial charge in [0, 0.05) is 44.0 Å². The number of likely N-dealkylation sites (tertiary alicyclic amines) is 1. The number of benzene rings is 1. The number of hydrogen-bond acceptors (Lipinski definition) is 4. The lowest BCUT2D eigenvalue weighted by molar-refractivity contribution is 0.00172. The molecule has 5 nitrogen and oxygen atoms in total. The largest absolute Gasteiger partial charge is 0.444 e. The molecule has 2 fully saturated rings. The third-order valence-corrected chi connectivity index (χ3v) is 6.87. The molecule has 174 valence electrons. The Bertz CT molecular complexity index is 761. The summed E-state index contributed by atoms with van der Waals surface area (Å²) in [5.41, 5.74) is 3.34. The first kappa shape index (κ1) is 23.8. The summed E-state index contributed by atoms with van der Waals surface area (Å²) in [6.07, 6.45) is 2.22. The Hall–Kier alpha value is -1.82. The summed E-state index contributed by atoms with van der Waals surface area (Å²) in [5, 5.41) is 0. The first-order valence-corrected chi connectivity index (χ1v) is 11.6. The zero-order valence-corrected chi connectivity index (χ0v) is 20.2. The molecule has 0 aliphatic carbocycles. The maximum Gasteiger partial charge on any atom is 0.410 e. The standard InChI is InChI=1S/C25H40FN3O2/c1-19-7-8-20(17-22(19)28-13-9-21(26)10-14-28)18-27(6)25(5)11-15-29(16-12-25)23(30)31-24(2,3)4/h7-8,17,21H,9-16,18H2,1-6H3. The van der Waals surface area contributed by atoms with Crippen LogP contribution in [0.25, 0.3) is 0 Å². The summed E-state index contributed by atoms with van der Waals surface area (Å²) in [4.78, 5) is 19.0. The highest BCUT2D eigenvalue weighted by Crippen LogP contribution is 2.31. The van der Waals surface area contributed by atoms with Gasteiger partial charge in [0.15, 0.2) is 0 Å². The van der Waals surface area contributed by atoms with Crippen molar-refractivity contribution in [2.24, 2.45) is 0 Å². The molecule has 1 aromatic carbocycles. The molecule has 6 heteroatoms. The third kappa shape index (κ3) is 6.12. The van der Waals surface area contributed by atoms with E-state index in [1.54, 1.807) is 0 Å². The van der Waals surface area contributed by atoms with Gasteiger partial charge in [0.2, 0.25) is 0 Å². The van der Waals surface area contributed by atoms with Crippen molar-refractivity contribution in [2.75, 3.05) is 38.1 Å². The number of hydrogen-bond donors (Lipinski definition) is 0. The van der Waals surface area contributed by atoms with E-state index < -0.39 is 11.8 Å². The zero-order valence-electron chi connectivity index (χ0n) is 20.2. The molecule has 0 spiro atoms. The predicted octanol–water partition coefficient (Wildman–Crippen LogP) is 5.15. The Kier molecular flexibility index (Phi) is 7.19. The van der Waals surface area contributed by atoms with Crippen molar-refractivity contribution < 1.29 is 13.9 Å². The molecule has 2 saturated heterocycles. The van der Waals surface area contributed by atoms with Gasteiger partial charge in [0.25, 0.3) is 0 Å². The van der Waals surface area contributed by atoms with E-state index in [9.17, 15) is 9.18 Å². The lowest BCUT2D eigenvalue weighted by Crippen LogP contribution is -2.53. The molecule has 2 aliphatic heterocycles. The van der Waals surface area contributed by atoms with Crippen LogP contribution < -0.4 is 4.90 Å². The Morgan fingerprint density at radius 3 is 2.39 bits per heavy atom. The van der Waals surface area contributed by atoms with Crippen LogP contribution in [0.3, 0.4) is 0 Å². The summed E-state index contributed by atoms with van der Waals surface area (Å²) in [6.45, 7) is 14.0. The summed E-state index contributed by atoms with van der Waals surface area (Å²) in [5.74, 6) is 0. The molecule has 0 atom stereocenters. The topological polar surface area (TPSA) is 36.0 Å². The van der Waals surface area contributed by atoms with Gasteiger partial charge in [0.1, 0.15) is 11.8 Å². The fourth-order valence-corrected chi connectivity index (χ4v) is 4.53. The first-order chi connectivity index (χ1) is 14.5. The second kappa shape index (κ2) is 9.35. The number of carbonyl (C=O) groups is 1. The zero-order chi connectivity index (χ0) is 22.8. The van der Waals surface area contributed by atoms with Crippen LogP contribution >= 0.6 is 0 Å². The Morgan fingerprint density at radius 2 is 1.81 bits per heavy atom. The van der Waals surface area contributed by atoms with Crippen LogP contribution in [0.1, 0.15) is 64.5 Å². The average molecular weight is 434 g/mol. The average Bonchev–Trinajstić information content (AvgIpc) is 2.69. The van der Waals surface area contributed by atoms with Gasteiger partial charge in [-0.25, -0.2) is 9.18 Å². The van der Waals surface area contributed by atoms with E-state index in [0.29, 0.717) is 25.9 Å². The SMILES string of the molecule is Cc1ccc(CN(C)C2(C)CCN(C(=O)OC(C)(C)C)CC2)cc1N1CCC(F)CC1. The highest BCUT2D eigenvalue weighted by Gasteiger charge is 2.36. The van der Waals surface area contributed by atoms with Crippen molar-refractivity contribution in [2.45, 2.75) is 84.2 Å². The second-order valence-corrected chi connectivity index (χ2v) is 10.6. The summed E-state index contributed by atoms with van der Waals surface area (Å²) >= 11 is 0. The molecule has 2 heterocycles. The minimum atomic E-state index is -0.655. The number of halogens is 1. The summed E-state index contributed by atoms with van der Waals surface area (Å²) in [6, 6.07) is 6.67. The number of aryl methyl sites for hydroxylation is 1. The minimum Gasteiger partial charge on any atom is -0.444 e. The fourth-order valence-electron chi connectivity index (χ4n) is 4.53. The van der Waals surface area contributed by atoms with Crippen molar-refractivity contribution >= 4 is 11.8 Å². The molecule has 0 aromatic heterocycles. The predicted molar refractivity (Wildman–Crippen MR) is 124 cm³/mol. The number of amides is 1. The van der Waals surface area contributed by atoms with Crippen LogP contribution in [0.5, 0.6) is 0 Å². The second-order valence-electron chi connectivity index (χ2n) is 10.6. The first-order valence-electron chi connectivity index (χ1n) is 11.6. The number of ether oxygens (including phenoxy) is 1. The van der Waals surface area contributed by atoms with E-state index in [1.807, 2.05) is 25.7 Å². The van der Waals surface area contributed by atoms with Crippen molar-refractivity contribution in [3.8, 4) is 0 Å². The van der Waals surface area contributed by atoms with E-state index in [0.717, 1.165) is 32.5 Å². The molecule has 3 rings (SSSR count). The monoisotopic (exact) mass is 433 g/mol. The van der Waals surface area contributed by atoms with Crippen LogP contribution in [-0.4, -0.2) is 66.4 Å². The molecule has 0 saturated carbocycles. The fraction of sp³-hybridized carbons (Fsp3) is 0.720. The molecular formula is C25H40FN3O2. The Morgan fingerprint density at radius 1 is 1.19 bits per heavy atom. The molecule has 0 radical (unpaired) electrons. The quantitative estimate of drug-likeness (QED) is 0.658. The van der Waals surface area contributed by atoms with Crippen LogP contribution in [0.2, 0.25) is 0 Å². The molecule has 0 unspecified atom stereocenters. The van der Waals surface area contributed by atoms with Crippen molar-refractivity contribution in [1.82, 2.24) is 9.80 Å². The Labute approximate surface area is 187 Å².